The van der Waals surface area contributed by atoms with Gasteiger partial charge < -0.3 is 20.2 Å². The summed E-state index contributed by atoms with van der Waals surface area (Å²) in [6.45, 7) is 3.63. The Bertz CT molecular complexity index is 1200. The third-order valence-electron chi connectivity index (χ3n) is 5.73. The molecule has 2 atom stereocenters. The van der Waals surface area contributed by atoms with Crippen molar-refractivity contribution in [2.75, 3.05) is 6.61 Å². The largest absolute Gasteiger partial charge is 0.411 e. The van der Waals surface area contributed by atoms with E-state index in [-0.39, 0.29) is 30.0 Å². The van der Waals surface area contributed by atoms with Gasteiger partial charge in [0.05, 0.1) is 12.3 Å². The standard InChI is InChI=1S/C26H29N3O4/c1-17-6-4-5-7-22(17)23(14-24(28-33)21-12-13-25(31)29(3)15-21)19-8-10-20(11-9-19)26(32)27-18(2)16-30/h4-13,15,18,23,30,33H,14,16H2,1-3H3,(H,27,32)/t18-,23?/m1/s1. The maximum absolute atomic E-state index is 12.4. The number of oxime groups is 1. The molecule has 0 fully saturated rings. The highest BCUT2D eigenvalue weighted by atomic mass is 16.4. The van der Waals surface area contributed by atoms with E-state index in [1.165, 1.54) is 10.6 Å². The number of aliphatic hydroxyl groups is 1. The van der Waals surface area contributed by atoms with Crippen molar-refractivity contribution < 1.29 is 15.1 Å². The number of nitrogens with zero attached hydrogens (tertiary/aromatic N) is 2. The van der Waals surface area contributed by atoms with Gasteiger partial charge in [0.1, 0.15) is 0 Å². The smallest absolute Gasteiger partial charge is 0.251 e. The van der Waals surface area contributed by atoms with Crippen LogP contribution < -0.4 is 10.9 Å². The van der Waals surface area contributed by atoms with Crippen molar-refractivity contribution in [1.82, 2.24) is 9.88 Å². The lowest BCUT2D eigenvalue weighted by Crippen LogP contribution is -2.34. The number of aromatic nitrogens is 1. The molecule has 33 heavy (non-hydrogen) atoms. The lowest BCUT2D eigenvalue weighted by atomic mass is 9.83. The van der Waals surface area contributed by atoms with E-state index in [2.05, 4.69) is 10.5 Å². The SMILES string of the molecule is Cc1ccccc1C(CC(=NO)c1ccc(=O)n(C)c1)c1ccc(C(=O)N[C@H](C)CO)cc1. The van der Waals surface area contributed by atoms with Crippen molar-refractivity contribution >= 4 is 11.6 Å². The molecule has 0 aliphatic carbocycles. The highest BCUT2D eigenvalue weighted by Gasteiger charge is 2.21. The average molecular weight is 448 g/mol. The maximum atomic E-state index is 12.4. The van der Waals surface area contributed by atoms with Crippen LogP contribution in [-0.4, -0.2) is 39.1 Å². The average Bonchev–Trinajstić information content (AvgIpc) is 2.82. The van der Waals surface area contributed by atoms with Crippen molar-refractivity contribution in [1.29, 1.82) is 0 Å². The van der Waals surface area contributed by atoms with Gasteiger partial charge in [-0.1, -0.05) is 41.6 Å². The number of aryl methyl sites for hydroxylation is 2. The topological polar surface area (TPSA) is 104 Å². The van der Waals surface area contributed by atoms with Crippen LogP contribution in [0.3, 0.4) is 0 Å². The zero-order chi connectivity index (χ0) is 24.0. The van der Waals surface area contributed by atoms with Gasteiger partial charge in [0.2, 0.25) is 5.56 Å². The Balaban J connectivity index is 1.97. The van der Waals surface area contributed by atoms with Crippen molar-refractivity contribution in [2.24, 2.45) is 12.2 Å². The van der Waals surface area contributed by atoms with Crippen molar-refractivity contribution in [3.05, 3.63) is 105 Å². The molecule has 0 spiro atoms. The van der Waals surface area contributed by atoms with Crippen molar-refractivity contribution in [2.45, 2.75) is 32.2 Å². The molecule has 0 aliphatic rings. The summed E-state index contributed by atoms with van der Waals surface area (Å²) in [5, 5.41) is 25.3. The molecule has 3 rings (SSSR count). The number of pyridine rings is 1. The van der Waals surface area contributed by atoms with Crippen LogP contribution in [0.1, 0.15) is 51.9 Å². The van der Waals surface area contributed by atoms with Gasteiger partial charge in [-0.05, 0) is 48.7 Å². The van der Waals surface area contributed by atoms with Crippen LogP contribution in [-0.2, 0) is 7.05 Å². The number of carbonyl (C=O) groups is 1. The van der Waals surface area contributed by atoms with Gasteiger partial charge >= 0.3 is 0 Å². The second kappa shape index (κ2) is 10.7. The van der Waals surface area contributed by atoms with E-state index in [4.69, 9.17) is 5.11 Å². The Hall–Kier alpha value is -3.71. The minimum absolute atomic E-state index is 0.131. The number of aliphatic hydroxyl groups excluding tert-OH is 1. The summed E-state index contributed by atoms with van der Waals surface area (Å²) in [5.74, 6) is -0.388. The molecule has 7 nitrogen and oxygen atoms in total. The quantitative estimate of drug-likeness (QED) is 0.280. The molecular formula is C26H29N3O4. The molecule has 0 bridgehead atoms. The highest BCUT2D eigenvalue weighted by Crippen LogP contribution is 2.32. The Morgan fingerprint density at radius 3 is 2.33 bits per heavy atom. The lowest BCUT2D eigenvalue weighted by Gasteiger charge is -2.21. The summed E-state index contributed by atoms with van der Waals surface area (Å²) in [5.41, 5.74) is 4.60. The van der Waals surface area contributed by atoms with Gasteiger partial charge in [-0.25, -0.2) is 0 Å². The minimum atomic E-state index is -0.331. The van der Waals surface area contributed by atoms with Crippen LogP contribution in [0.5, 0.6) is 0 Å². The summed E-state index contributed by atoms with van der Waals surface area (Å²) >= 11 is 0. The third kappa shape index (κ3) is 5.75. The molecule has 0 saturated carbocycles. The molecule has 3 N–H and O–H groups in total. The van der Waals surface area contributed by atoms with E-state index in [9.17, 15) is 14.8 Å². The lowest BCUT2D eigenvalue weighted by molar-refractivity contribution is 0.0922. The van der Waals surface area contributed by atoms with E-state index in [1.54, 1.807) is 38.4 Å². The first-order chi connectivity index (χ1) is 15.8. The Morgan fingerprint density at radius 2 is 1.73 bits per heavy atom. The highest BCUT2D eigenvalue weighted by molar-refractivity contribution is 6.00. The minimum Gasteiger partial charge on any atom is -0.411 e. The first-order valence-corrected chi connectivity index (χ1v) is 10.8. The summed E-state index contributed by atoms with van der Waals surface area (Å²) < 4.78 is 1.45. The monoisotopic (exact) mass is 447 g/mol. The molecule has 1 amide bonds. The second-order valence-corrected chi connectivity index (χ2v) is 8.21. The number of rotatable bonds is 8. The summed E-state index contributed by atoms with van der Waals surface area (Å²) in [4.78, 5) is 24.2. The third-order valence-corrected chi connectivity index (χ3v) is 5.73. The van der Waals surface area contributed by atoms with Gasteiger partial charge in [0.25, 0.3) is 5.91 Å². The fourth-order valence-electron chi connectivity index (χ4n) is 3.78. The van der Waals surface area contributed by atoms with E-state index in [1.807, 2.05) is 43.3 Å². The van der Waals surface area contributed by atoms with Gasteiger partial charge in [-0.3, -0.25) is 9.59 Å². The fraction of sp³-hybridized carbons (Fsp3) is 0.269. The number of carbonyl (C=O) groups excluding carboxylic acids is 1. The Morgan fingerprint density at radius 1 is 1.06 bits per heavy atom. The molecule has 0 aliphatic heterocycles. The zero-order valence-electron chi connectivity index (χ0n) is 19.0. The van der Waals surface area contributed by atoms with Gasteiger partial charge in [-0.15, -0.1) is 0 Å². The fourth-order valence-corrected chi connectivity index (χ4v) is 3.78. The zero-order valence-corrected chi connectivity index (χ0v) is 19.0. The number of nitrogens with one attached hydrogen (secondary N) is 1. The van der Waals surface area contributed by atoms with Crippen LogP contribution in [0.15, 0.2) is 76.8 Å². The molecule has 2 aromatic carbocycles. The molecule has 1 unspecified atom stereocenters. The number of amides is 1. The first kappa shape index (κ1) is 23.9. The molecule has 1 aromatic heterocycles. The van der Waals surface area contributed by atoms with Crippen molar-refractivity contribution in [3.63, 3.8) is 0 Å². The first-order valence-electron chi connectivity index (χ1n) is 10.8. The molecule has 3 aromatic rings. The number of hydrogen-bond donors (Lipinski definition) is 3. The summed E-state index contributed by atoms with van der Waals surface area (Å²) in [6, 6.07) is 18.1. The molecule has 172 valence electrons. The molecule has 1 heterocycles. The Labute approximate surface area is 193 Å². The normalized spacial score (nSPS) is 13.4. The van der Waals surface area contributed by atoms with Crippen LogP contribution in [0, 0.1) is 6.92 Å². The van der Waals surface area contributed by atoms with E-state index >= 15 is 0 Å². The molecule has 7 heteroatoms. The molecule has 0 saturated heterocycles. The van der Waals surface area contributed by atoms with Gasteiger partial charge in [0, 0.05) is 48.8 Å². The Kier molecular flexibility index (Phi) is 7.79. The van der Waals surface area contributed by atoms with E-state index in [0.717, 1.165) is 16.7 Å². The molecular weight excluding hydrogens is 418 g/mol. The predicted molar refractivity (Wildman–Crippen MR) is 128 cm³/mol. The summed E-state index contributed by atoms with van der Waals surface area (Å²) in [6.07, 6.45) is 2.05. The van der Waals surface area contributed by atoms with E-state index < -0.39 is 0 Å². The van der Waals surface area contributed by atoms with Gasteiger partial charge in [0.15, 0.2) is 0 Å². The number of benzene rings is 2. The van der Waals surface area contributed by atoms with Crippen LogP contribution in [0.4, 0.5) is 0 Å². The van der Waals surface area contributed by atoms with Crippen LogP contribution in [0.25, 0.3) is 0 Å². The van der Waals surface area contributed by atoms with Crippen LogP contribution >= 0.6 is 0 Å². The van der Waals surface area contributed by atoms with Crippen LogP contribution in [0.2, 0.25) is 0 Å². The van der Waals surface area contributed by atoms with E-state index in [0.29, 0.717) is 23.3 Å². The van der Waals surface area contributed by atoms with Crippen molar-refractivity contribution in [3.8, 4) is 0 Å². The van der Waals surface area contributed by atoms with Gasteiger partial charge in [-0.2, -0.15) is 0 Å². The second-order valence-electron chi connectivity index (χ2n) is 8.21. The number of hydrogen-bond acceptors (Lipinski definition) is 5. The predicted octanol–water partition coefficient (Wildman–Crippen LogP) is 3.20. The maximum Gasteiger partial charge on any atom is 0.251 e. The summed E-state index contributed by atoms with van der Waals surface area (Å²) in [7, 11) is 1.65. The molecule has 0 radical (unpaired) electrons.